The summed E-state index contributed by atoms with van der Waals surface area (Å²) in [5.41, 5.74) is 0.975. The minimum Gasteiger partial charge on any atom is -0.318 e. The van der Waals surface area contributed by atoms with Gasteiger partial charge in [-0.05, 0) is 50.1 Å². The van der Waals surface area contributed by atoms with E-state index in [0.717, 1.165) is 39.2 Å². The molecule has 4 heterocycles. The first kappa shape index (κ1) is 21.1. The van der Waals surface area contributed by atoms with Gasteiger partial charge in [0.2, 0.25) is 0 Å². The highest BCUT2D eigenvalue weighted by Gasteiger charge is 2.43. The molecule has 10 heteroatoms. The lowest BCUT2D eigenvalue weighted by atomic mass is 9.97. The summed E-state index contributed by atoms with van der Waals surface area (Å²) < 4.78 is 25.1. The van der Waals surface area contributed by atoms with Gasteiger partial charge in [0.05, 0.1) is 6.54 Å². The minimum atomic E-state index is -2.36. The Morgan fingerprint density at radius 2 is 1.97 bits per heavy atom. The van der Waals surface area contributed by atoms with Gasteiger partial charge in [0, 0.05) is 35.3 Å². The van der Waals surface area contributed by atoms with Gasteiger partial charge in [-0.1, -0.05) is 23.5 Å². The third kappa shape index (κ3) is 4.29. The maximum atomic E-state index is 13.0. The molecule has 3 aromatic rings. The molecule has 2 aliphatic heterocycles. The van der Waals surface area contributed by atoms with Gasteiger partial charge in [-0.15, -0.1) is 10.2 Å². The van der Waals surface area contributed by atoms with Crippen molar-refractivity contribution in [2.45, 2.75) is 57.2 Å². The number of anilines is 1. The van der Waals surface area contributed by atoms with Crippen molar-refractivity contribution in [2.24, 2.45) is 0 Å². The maximum Gasteiger partial charge on any atom is 0.323 e. The van der Waals surface area contributed by atoms with E-state index >= 15 is 0 Å². The van der Waals surface area contributed by atoms with E-state index in [-0.39, 0.29) is 30.7 Å². The zero-order valence-electron chi connectivity index (χ0n) is 17.6. The number of aromatic nitrogens is 3. The second kappa shape index (κ2) is 8.67. The van der Waals surface area contributed by atoms with Gasteiger partial charge in [-0.2, -0.15) is 0 Å². The number of fused-ring (bicyclic) bond motifs is 3. The maximum absolute atomic E-state index is 13.0. The van der Waals surface area contributed by atoms with Gasteiger partial charge in [-0.25, -0.2) is 18.6 Å². The number of hydrogen-bond donors (Lipinski definition) is 2. The first-order chi connectivity index (χ1) is 15.5. The van der Waals surface area contributed by atoms with Crippen molar-refractivity contribution >= 4 is 34.0 Å². The molecule has 7 nitrogen and oxygen atoms in total. The van der Waals surface area contributed by atoms with Crippen molar-refractivity contribution in [1.82, 2.24) is 25.4 Å². The van der Waals surface area contributed by atoms with E-state index in [1.165, 1.54) is 11.3 Å². The third-order valence-corrected chi connectivity index (χ3v) is 7.15. The molecule has 2 bridgehead atoms. The van der Waals surface area contributed by atoms with Gasteiger partial charge < -0.3 is 10.2 Å². The predicted octanol–water partition coefficient (Wildman–Crippen LogP) is 4.44. The highest BCUT2D eigenvalue weighted by Crippen LogP contribution is 2.36. The van der Waals surface area contributed by atoms with Crippen molar-refractivity contribution in [3.63, 3.8) is 0 Å². The number of nitrogens with zero attached hydrogens (tertiary/aromatic N) is 4. The number of amides is 2. The van der Waals surface area contributed by atoms with Crippen LogP contribution in [0, 0.1) is 6.92 Å². The van der Waals surface area contributed by atoms with Gasteiger partial charge in [0.15, 0.2) is 0 Å². The van der Waals surface area contributed by atoms with Crippen LogP contribution in [-0.2, 0) is 0 Å². The average molecular weight is 459 g/mol. The quantitative estimate of drug-likeness (QED) is 0.591. The van der Waals surface area contributed by atoms with E-state index in [0.29, 0.717) is 18.7 Å². The lowest BCUT2D eigenvalue weighted by Crippen LogP contribution is -2.53. The van der Waals surface area contributed by atoms with E-state index in [4.69, 9.17) is 0 Å². The second-order valence-electron chi connectivity index (χ2n) is 8.45. The molecule has 168 valence electrons. The Morgan fingerprint density at radius 3 is 2.66 bits per heavy atom. The van der Waals surface area contributed by atoms with Crippen LogP contribution >= 0.6 is 11.3 Å². The number of carbonyl (C=O) groups excluding carboxylic acids is 1. The lowest BCUT2D eigenvalue weighted by molar-refractivity contribution is 0.115. The Bertz CT molecular complexity index is 1120. The Labute approximate surface area is 188 Å². The summed E-state index contributed by atoms with van der Waals surface area (Å²) >= 11 is 1.53. The van der Waals surface area contributed by atoms with Crippen LogP contribution in [0.1, 0.15) is 30.7 Å². The summed E-state index contributed by atoms with van der Waals surface area (Å²) in [6.07, 6.45) is 2.60. The van der Waals surface area contributed by atoms with E-state index in [9.17, 15) is 13.6 Å². The molecule has 2 saturated heterocycles. The number of alkyl halides is 2. The monoisotopic (exact) mass is 458 g/mol. The molecule has 0 aliphatic carbocycles. The van der Waals surface area contributed by atoms with Crippen LogP contribution in [0.15, 0.2) is 30.5 Å². The Kier molecular flexibility index (Phi) is 5.73. The number of rotatable bonds is 5. The number of carbonyl (C=O) groups is 1. The summed E-state index contributed by atoms with van der Waals surface area (Å²) in [4.78, 5) is 19.3. The summed E-state index contributed by atoms with van der Waals surface area (Å²) in [6.45, 7) is 1.63. The minimum absolute atomic E-state index is 0.0340. The Balaban J connectivity index is 1.29. The number of urea groups is 1. The topological polar surface area (TPSA) is 83.0 Å². The summed E-state index contributed by atoms with van der Waals surface area (Å²) in [5.74, 6) is 0.491. The molecule has 0 unspecified atom stereocenters. The molecule has 32 heavy (non-hydrogen) atoms. The van der Waals surface area contributed by atoms with Crippen LogP contribution in [0.25, 0.3) is 21.3 Å². The van der Waals surface area contributed by atoms with Gasteiger partial charge >= 0.3 is 6.03 Å². The van der Waals surface area contributed by atoms with Crippen LogP contribution in [0.4, 0.5) is 19.4 Å². The predicted molar refractivity (Wildman–Crippen MR) is 120 cm³/mol. The summed E-state index contributed by atoms with van der Waals surface area (Å²) in [5, 5.41) is 17.9. The molecule has 2 aliphatic rings. The summed E-state index contributed by atoms with van der Waals surface area (Å²) in [7, 11) is 0. The number of halogens is 2. The smallest absolute Gasteiger partial charge is 0.318 e. The lowest BCUT2D eigenvalue weighted by Gasteiger charge is -2.39. The van der Waals surface area contributed by atoms with E-state index in [1.807, 2.05) is 36.1 Å². The van der Waals surface area contributed by atoms with Gasteiger partial charge in [0.1, 0.15) is 15.8 Å². The van der Waals surface area contributed by atoms with Crippen molar-refractivity contribution < 1.29 is 13.6 Å². The third-order valence-electron chi connectivity index (χ3n) is 6.26. The fourth-order valence-corrected chi connectivity index (χ4v) is 5.55. The molecule has 0 saturated carbocycles. The first-order valence-electron chi connectivity index (χ1n) is 10.8. The molecule has 2 aromatic heterocycles. The molecule has 0 radical (unpaired) electrons. The number of aryl methyl sites for hydroxylation is 1. The standard InChI is InChI=1S/C22H24F2N6OS/c1-12-28-29-21(32-12)13-2-3-14-10-26-20(7-15(14)6-13)27-22(31)30-17-4-5-18(30)9-16(8-17)25-11-19(23)24/h2-3,6-7,10,16-19,25H,4-5,8-9,11H2,1H3,(H,26,27,31)/t16-,17+,18-. The molecule has 1 aromatic carbocycles. The van der Waals surface area contributed by atoms with Crippen molar-refractivity contribution in [2.75, 3.05) is 11.9 Å². The number of nitrogens with one attached hydrogen (secondary N) is 2. The van der Waals surface area contributed by atoms with Crippen molar-refractivity contribution in [3.05, 3.63) is 35.5 Å². The number of benzene rings is 1. The molecule has 5 rings (SSSR count). The summed E-state index contributed by atoms with van der Waals surface area (Å²) in [6, 6.07) is 7.86. The molecule has 2 amide bonds. The molecular weight excluding hydrogens is 434 g/mol. The molecule has 2 N–H and O–H groups in total. The number of piperidine rings is 1. The molecule has 0 spiro atoms. The van der Waals surface area contributed by atoms with Crippen LogP contribution in [0.3, 0.4) is 0 Å². The SMILES string of the molecule is Cc1nnc(-c2ccc3cnc(NC(=O)N4[C@@H]5CC[C@H]4C[C@@H](NCC(F)F)C5)cc3c2)s1. The average Bonchev–Trinajstić information content (AvgIpc) is 3.32. The van der Waals surface area contributed by atoms with E-state index < -0.39 is 6.43 Å². The Morgan fingerprint density at radius 1 is 1.19 bits per heavy atom. The largest absolute Gasteiger partial charge is 0.323 e. The van der Waals surface area contributed by atoms with Gasteiger partial charge in [-0.3, -0.25) is 5.32 Å². The number of pyridine rings is 1. The first-order valence-corrected chi connectivity index (χ1v) is 11.6. The fraction of sp³-hybridized carbons (Fsp3) is 0.455. The second-order valence-corrected chi connectivity index (χ2v) is 9.63. The van der Waals surface area contributed by atoms with E-state index in [1.54, 1.807) is 6.20 Å². The highest BCUT2D eigenvalue weighted by molar-refractivity contribution is 7.14. The zero-order chi connectivity index (χ0) is 22.2. The van der Waals surface area contributed by atoms with Gasteiger partial charge in [0.25, 0.3) is 6.43 Å². The van der Waals surface area contributed by atoms with Crippen LogP contribution < -0.4 is 10.6 Å². The molecular formula is C22H24F2N6OS. The molecule has 3 atom stereocenters. The van der Waals surface area contributed by atoms with Crippen molar-refractivity contribution in [3.8, 4) is 10.6 Å². The van der Waals surface area contributed by atoms with Crippen LogP contribution in [-0.4, -0.2) is 57.2 Å². The zero-order valence-corrected chi connectivity index (χ0v) is 18.4. The highest BCUT2D eigenvalue weighted by atomic mass is 32.1. The van der Waals surface area contributed by atoms with Crippen LogP contribution in [0.5, 0.6) is 0 Å². The van der Waals surface area contributed by atoms with Crippen molar-refractivity contribution in [1.29, 1.82) is 0 Å². The Hall–Kier alpha value is -2.72. The van der Waals surface area contributed by atoms with E-state index in [2.05, 4.69) is 25.8 Å². The number of hydrogen-bond acceptors (Lipinski definition) is 6. The molecule has 2 fully saturated rings. The van der Waals surface area contributed by atoms with Crippen LogP contribution in [0.2, 0.25) is 0 Å². The normalized spacial score (nSPS) is 22.6. The fourth-order valence-electron chi connectivity index (χ4n) is 4.86.